The number of amides is 1. The predicted octanol–water partition coefficient (Wildman–Crippen LogP) is 4.27. The van der Waals surface area contributed by atoms with Crippen LogP contribution in [0.25, 0.3) is 16.7 Å². The quantitative estimate of drug-likeness (QED) is 0.566. The van der Waals surface area contributed by atoms with Gasteiger partial charge in [0.15, 0.2) is 5.58 Å². The monoisotopic (exact) mass is 388 g/mol. The molecule has 3 heterocycles. The predicted molar refractivity (Wildman–Crippen MR) is 99.8 cm³/mol. The Kier molecular flexibility index (Phi) is 4.30. The van der Waals surface area contributed by atoms with Crippen LogP contribution >= 0.6 is 23.2 Å². The third-order valence-electron chi connectivity index (χ3n) is 4.00. The van der Waals surface area contributed by atoms with Gasteiger partial charge in [-0.3, -0.25) is 9.20 Å². The zero-order chi connectivity index (χ0) is 18.3. The van der Waals surface area contributed by atoms with Crippen molar-refractivity contribution in [2.24, 2.45) is 0 Å². The van der Waals surface area contributed by atoms with Crippen LogP contribution in [0.5, 0.6) is 0 Å². The van der Waals surface area contributed by atoms with E-state index in [-0.39, 0.29) is 12.5 Å². The fourth-order valence-corrected chi connectivity index (χ4v) is 3.14. The van der Waals surface area contributed by atoms with Crippen molar-refractivity contribution < 1.29 is 9.21 Å². The molecule has 0 saturated carbocycles. The van der Waals surface area contributed by atoms with Crippen molar-refractivity contribution >= 4 is 45.9 Å². The summed E-state index contributed by atoms with van der Waals surface area (Å²) in [6.45, 7) is 2.10. The summed E-state index contributed by atoms with van der Waals surface area (Å²) in [5.74, 6) is 0.137. The fraction of sp³-hybridized carbons (Fsp3) is 0.167. The first-order valence-corrected chi connectivity index (χ1v) is 8.80. The standard InChI is InChI=1S/C18H14Cl2N4O2/c1-2-12-17(24-9-11(20)4-6-15(24)22-12)18(25)21-8-16-23-13-5-3-10(19)7-14(13)26-16/h3-7,9H,2,8H2,1H3,(H,21,25). The van der Waals surface area contributed by atoms with Crippen LogP contribution in [-0.4, -0.2) is 20.3 Å². The molecule has 0 fully saturated rings. The van der Waals surface area contributed by atoms with Gasteiger partial charge >= 0.3 is 0 Å². The van der Waals surface area contributed by atoms with Crippen LogP contribution in [0.15, 0.2) is 40.9 Å². The molecule has 1 aromatic carbocycles. The van der Waals surface area contributed by atoms with Crippen LogP contribution in [0.3, 0.4) is 0 Å². The van der Waals surface area contributed by atoms with Gasteiger partial charge < -0.3 is 9.73 Å². The normalized spacial score (nSPS) is 11.3. The zero-order valence-corrected chi connectivity index (χ0v) is 15.3. The van der Waals surface area contributed by atoms with E-state index >= 15 is 0 Å². The lowest BCUT2D eigenvalue weighted by Gasteiger charge is -2.05. The summed E-state index contributed by atoms with van der Waals surface area (Å²) in [6.07, 6.45) is 2.31. The fourth-order valence-electron chi connectivity index (χ4n) is 2.82. The first-order chi connectivity index (χ1) is 12.5. The molecular formula is C18H14Cl2N4O2. The highest BCUT2D eigenvalue weighted by Crippen LogP contribution is 2.21. The Balaban J connectivity index is 1.61. The second-order valence-electron chi connectivity index (χ2n) is 5.74. The summed E-state index contributed by atoms with van der Waals surface area (Å²) in [7, 11) is 0. The number of rotatable bonds is 4. The maximum atomic E-state index is 12.7. The zero-order valence-electron chi connectivity index (χ0n) is 13.8. The number of fused-ring (bicyclic) bond motifs is 2. The first-order valence-electron chi connectivity index (χ1n) is 8.05. The minimum Gasteiger partial charge on any atom is -0.439 e. The van der Waals surface area contributed by atoms with Crippen molar-refractivity contribution in [1.29, 1.82) is 0 Å². The summed E-state index contributed by atoms with van der Waals surface area (Å²) < 4.78 is 7.32. The number of carbonyl (C=O) groups is 1. The minimum absolute atomic E-state index is 0.155. The third-order valence-corrected chi connectivity index (χ3v) is 4.46. The number of hydrogen-bond donors (Lipinski definition) is 1. The van der Waals surface area contributed by atoms with Crippen molar-refractivity contribution in [2.75, 3.05) is 0 Å². The van der Waals surface area contributed by atoms with Crippen LogP contribution in [0.4, 0.5) is 0 Å². The highest BCUT2D eigenvalue weighted by Gasteiger charge is 2.19. The van der Waals surface area contributed by atoms with Gasteiger partial charge in [0.05, 0.1) is 17.3 Å². The molecule has 6 nitrogen and oxygen atoms in total. The van der Waals surface area contributed by atoms with Gasteiger partial charge in [0.1, 0.15) is 16.9 Å². The Labute approximate surface area is 158 Å². The molecule has 0 aliphatic carbocycles. The maximum absolute atomic E-state index is 12.7. The smallest absolute Gasteiger partial charge is 0.270 e. The molecule has 0 saturated heterocycles. The Morgan fingerprint density at radius 1 is 1.19 bits per heavy atom. The number of hydrogen-bond acceptors (Lipinski definition) is 4. The molecule has 1 N–H and O–H groups in total. The highest BCUT2D eigenvalue weighted by molar-refractivity contribution is 6.31. The Morgan fingerprint density at radius 3 is 2.81 bits per heavy atom. The molecule has 1 amide bonds. The van der Waals surface area contributed by atoms with Crippen LogP contribution < -0.4 is 5.32 Å². The van der Waals surface area contributed by atoms with Crippen LogP contribution in [0.2, 0.25) is 10.0 Å². The SMILES string of the molecule is CCc1nc2ccc(Cl)cn2c1C(=O)NCc1nc2ccc(Cl)cc2o1. The number of nitrogens with zero attached hydrogens (tertiary/aromatic N) is 3. The molecule has 0 aliphatic heterocycles. The third kappa shape index (κ3) is 3.02. The lowest BCUT2D eigenvalue weighted by molar-refractivity contribution is 0.0940. The van der Waals surface area contributed by atoms with Crippen molar-refractivity contribution in [2.45, 2.75) is 19.9 Å². The summed E-state index contributed by atoms with van der Waals surface area (Å²) >= 11 is 12.0. The molecule has 3 aromatic heterocycles. The van der Waals surface area contributed by atoms with E-state index in [2.05, 4.69) is 15.3 Å². The second kappa shape index (κ2) is 6.63. The number of pyridine rings is 1. The van der Waals surface area contributed by atoms with Gasteiger partial charge in [0.25, 0.3) is 5.91 Å². The Bertz CT molecular complexity index is 1130. The lowest BCUT2D eigenvalue weighted by Crippen LogP contribution is -2.25. The molecule has 132 valence electrons. The van der Waals surface area contributed by atoms with Gasteiger partial charge in [0, 0.05) is 17.3 Å². The molecular weight excluding hydrogens is 375 g/mol. The second-order valence-corrected chi connectivity index (χ2v) is 6.61. The number of benzene rings is 1. The highest BCUT2D eigenvalue weighted by atomic mass is 35.5. The largest absolute Gasteiger partial charge is 0.439 e. The average molecular weight is 389 g/mol. The molecule has 0 aliphatic rings. The van der Waals surface area contributed by atoms with E-state index in [1.807, 2.05) is 6.92 Å². The van der Waals surface area contributed by atoms with E-state index in [0.29, 0.717) is 50.5 Å². The van der Waals surface area contributed by atoms with E-state index in [1.165, 1.54) is 0 Å². The number of imidazole rings is 1. The topological polar surface area (TPSA) is 72.4 Å². The Hall–Kier alpha value is -2.57. The summed E-state index contributed by atoms with van der Waals surface area (Å²) in [6, 6.07) is 8.73. The average Bonchev–Trinajstić information content (AvgIpc) is 3.19. The minimum atomic E-state index is -0.267. The molecule has 0 radical (unpaired) electrons. The van der Waals surface area contributed by atoms with Crippen molar-refractivity contribution in [3.8, 4) is 0 Å². The van der Waals surface area contributed by atoms with Gasteiger partial charge in [-0.05, 0) is 30.7 Å². The van der Waals surface area contributed by atoms with Gasteiger partial charge in [-0.15, -0.1) is 0 Å². The van der Waals surface area contributed by atoms with E-state index in [1.54, 1.807) is 40.9 Å². The van der Waals surface area contributed by atoms with Crippen LogP contribution in [0, 0.1) is 0 Å². The molecule has 0 spiro atoms. The number of oxazole rings is 1. The van der Waals surface area contributed by atoms with Gasteiger partial charge in [-0.25, -0.2) is 9.97 Å². The van der Waals surface area contributed by atoms with Crippen LogP contribution in [0.1, 0.15) is 29.0 Å². The molecule has 0 atom stereocenters. The van der Waals surface area contributed by atoms with Crippen LogP contribution in [-0.2, 0) is 13.0 Å². The number of aromatic nitrogens is 3. The van der Waals surface area contributed by atoms with E-state index in [4.69, 9.17) is 27.6 Å². The van der Waals surface area contributed by atoms with Crippen molar-refractivity contribution in [1.82, 2.24) is 19.7 Å². The van der Waals surface area contributed by atoms with Gasteiger partial charge in [-0.1, -0.05) is 30.1 Å². The summed E-state index contributed by atoms with van der Waals surface area (Å²) in [4.78, 5) is 21.6. The molecule has 4 aromatic rings. The van der Waals surface area contributed by atoms with Crippen molar-refractivity contribution in [3.05, 3.63) is 63.9 Å². The van der Waals surface area contributed by atoms with E-state index in [9.17, 15) is 4.79 Å². The van der Waals surface area contributed by atoms with E-state index in [0.717, 1.165) is 0 Å². The van der Waals surface area contributed by atoms with Gasteiger partial charge in [0.2, 0.25) is 5.89 Å². The number of halogens is 2. The van der Waals surface area contributed by atoms with Gasteiger partial charge in [-0.2, -0.15) is 0 Å². The molecule has 4 rings (SSSR count). The number of carbonyl (C=O) groups excluding carboxylic acids is 1. The Morgan fingerprint density at radius 2 is 2.00 bits per heavy atom. The first kappa shape index (κ1) is 16.9. The summed E-state index contributed by atoms with van der Waals surface area (Å²) in [5.41, 5.74) is 3.11. The molecule has 26 heavy (non-hydrogen) atoms. The number of aryl methyl sites for hydroxylation is 1. The molecule has 0 bridgehead atoms. The number of nitrogens with one attached hydrogen (secondary N) is 1. The van der Waals surface area contributed by atoms with Crippen molar-refractivity contribution in [3.63, 3.8) is 0 Å². The molecule has 0 unspecified atom stereocenters. The molecule has 8 heteroatoms. The lowest BCUT2D eigenvalue weighted by atomic mass is 10.2. The summed E-state index contributed by atoms with van der Waals surface area (Å²) in [5, 5.41) is 3.93. The maximum Gasteiger partial charge on any atom is 0.270 e. The van der Waals surface area contributed by atoms with E-state index < -0.39 is 0 Å².